The summed E-state index contributed by atoms with van der Waals surface area (Å²) in [6.45, 7) is 4.50. The number of hydrogen-bond donors (Lipinski definition) is 0. The minimum absolute atomic E-state index is 0.00198. The number of piperidine rings is 1. The van der Waals surface area contributed by atoms with Crippen molar-refractivity contribution < 1.29 is 9.59 Å². The summed E-state index contributed by atoms with van der Waals surface area (Å²) in [5.41, 5.74) is 1.24. The van der Waals surface area contributed by atoms with Gasteiger partial charge in [0.25, 0.3) is 0 Å². The van der Waals surface area contributed by atoms with Crippen LogP contribution >= 0.6 is 0 Å². The van der Waals surface area contributed by atoms with Gasteiger partial charge in [-0.3, -0.25) is 9.59 Å². The van der Waals surface area contributed by atoms with Gasteiger partial charge < -0.3 is 14.7 Å². The van der Waals surface area contributed by atoms with Gasteiger partial charge in [0.1, 0.15) is 0 Å². The van der Waals surface area contributed by atoms with Gasteiger partial charge in [0, 0.05) is 24.4 Å². The summed E-state index contributed by atoms with van der Waals surface area (Å²) in [5.74, 6) is 0.382. The van der Waals surface area contributed by atoms with Crippen LogP contribution in [-0.2, 0) is 16.0 Å². The molecule has 5 nitrogen and oxygen atoms in total. The molecule has 2 amide bonds. The van der Waals surface area contributed by atoms with Gasteiger partial charge in [-0.15, -0.1) is 0 Å². The zero-order chi connectivity index (χ0) is 20.8. The molecule has 1 aromatic carbocycles. The van der Waals surface area contributed by atoms with E-state index >= 15 is 0 Å². The smallest absolute Gasteiger partial charge is 0.237 e. The van der Waals surface area contributed by atoms with E-state index in [0.29, 0.717) is 6.54 Å². The van der Waals surface area contributed by atoms with Crippen LogP contribution in [0.3, 0.4) is 0 Å². The molecule has 3 fully saturated rings. The Morgan fingerprint density at radius 1 is 1.07 bits per heavy atom. The van der Waals surface area contributed by atoms with Gasteiger partial charge in [0.05, 0.1) is 18.6 Å². The third-order valence-corrected chi connectivity index (χ3v) is 7.60. The molecule has 1 aromatic rings. The van der Waals surface area contributed by atoms with Crippen molar-refractivity contribution in [3.05, 3.63) is 35.9 Å². The molecule has 1 aliphatic carbocycles. The molecular formula is C24H35N3O2. The van der Waals surface area contributed by atoms with Gasteiger partial charge in [-0.1, -0.05) is 50.1 Å². The van der Waals surface area contributed by atoms with Crippen LogP contribution in [0.25, 0.3) is 0 Å². The van der Waals surface area contributed by atoms with Crippen molar-refractivity contribution in [3.63, 3.8) is 0 Å². The zero-order valence-electron chi connectivity index (χ0n) is 18.3. The monoisotopic (exact) mass is 397 g/mol. The Labute approximate surface area is 175 Å². The van der Waals surface area contributed by atoms with Crippen molar-refractivity contribution in [2.45, 2.75) is 76.5 Å². The normalized spacial score (nSPS) is 33.7. The second kappa shape index (κ2) is 7.75. The Morgan fingerprint density at radius 2 is 1.69 bits per heavy atom. The van der Waals surface area contributed by atoms with E-state index in [1.807, 2.05) is 25.1 Å². The predicted molar refractivity (Wildman–Crippen MR) is 114 cm³/mol. The molecular weight excluding hydrogens is 362 g/mol. The van der Waals surface area contributed by atoms with Gasteiger partial charge >= 0.3 is 0 Å². The number of hydrogen-bond acceptors (Lipinski definition) is 3. The largest absolute Gasteiger partial charge is 0.334 e. The summed E-state index contributed by atoms with van der Waals surface area (Å²) >= 11 is 0. The number of rotatable bonds is 4. The molecule has 1 saturated carbocycles. The fourth-order valence-electron chi connectivity index (χ4n) is 6.51. The van der Waals surface area contributed by atoms with Gasteiger partial charge in [-0.2, -0.15) is 0 Å². The lowest BCUT2D eigenvalue weighted by Crippen LogP contribution is -2.61. The van der Waals surface area contributed by atoms with Crippen molar-refractivity contribution in [3.8, 4) is 0 Å². The van der Waals surface area contributed by atoms with Gasteiger partial charge in [-0.25, -0.2) is 0 Å². The van der Waals surface area contributed by atoms with Crippen molar-refractivity contribution in [2.75, 3.05) is 20.6 Å². The number of benzene rings is 1. The molecule has 3 aliphatic rings. The lowest BCUT2D eigenvalue weighted by molar-refractivity contribution is -0.143. The second-order valence-corrected chi connectivity index (χ2v) is 9.82. The number of likely N-dealkylation sites (N-methyl/N-ethyl adjacent to an activating group) is 1. The van der Waals surface area contributed by atoms with Gasteiger partial charge in [-0.05, 0) is 45.3 Å². The van der Waals surface area contributed by atoms with Gasteiger partial charge in [0.2, 0.25) is 11.8 Å². The van der Waals surface area contributed by atoms with E-state index in [0.717, 1.165) is 38.5 Å². The van der Waals surface area contributed by atoms with E-state index in [2.05, 4.69) is 41.0 Å². The van der Waals surface area contributed by atoms with Crippen molar-refractivity contribution in [1.82, 2.24) is 14.7 Å². The molecule has 2 aliphatic heterocycles. The molecule has 0 N–H and O–H groups in total. The highest BCUT2D eigenvalue weighted by molar-refractivity contribution is 5.81. The quantitative estimate of drug-likeness (QED) is 0.785. The maximum absolute atomic E-state index is 13.4. The fraction of sp³-hybridized carbons (Fsp3) is 0.667. The fourth-order valence-corrected chi connectivity index (χ4v) is 6.51. The Kier molecular flexibility index (Phi) is 5.45. The van der Waals surface area contributed by atoms with Crippen LogP contribution in [0.5, 0.6) is 0 Å². The average Bonchev–Trinajstić information content (AvgIpc) is 2.81. The number of carbonyl (C=O) groups excluding carboxylic acids is 2. The lowest BCUT2D eigenvalue weighted by atomic mass is 9.69. The van der Waals surface area contributed by atoms with E-state index in [4.69, 9.17) is 0 Å². The van der Waals surface area contributed by atoms with E-state index in [-0.39, 0.29) is 41.4 Å². The molecule has 0 radical (unpaired) electrons. The molecule has 0 aromatic heterocycles. The van der Waals surface area contributed by atoms with Crippen LogP contribution in [0, 0.1) is 5.41 Å². The number of amides is 2. The topological polar surface area (TPSA) is 43.9 Å². The number of carbonyl (C=O) groups is 2. The molecule has 2 saturated heterocycles. The lowest BCUT2D eigenvalue weighted by Gasteiger charge is -2.50. The zero-order valence-corrected chi connectivity index (χ0v) is 18.3. The van der Waals surface area contributed by atoms with Crippen LogP contribution in [0.15, 0.2) is 30.3 Å². The maximum Gasteiger partial charge on any atom is 0.237 e. The molecule has 5 atom stereocenters. The summed E-state index contributed by atoms with van der Waals surface area (Å²) in [6, 6.07) is 11.1. The van der Waals surface area contributed by atoms with Crippen LogP contribution in [0.2, 0.25) is 0 Å². The van der Waals surface area contributed by atoms with Gasteiger partial charge in [0.15, 0.2) is 0 Å². The van der Waals surface area contributed by atoms with E-state index < -0.39 is 0 Å². The van der Waals surface area contributed by atoms with E-state index in [9.17, 15) is 9.59 Å². The second-order valence-electron chi connectivity index (χ2n) is 9.82. The minimum atomic E-state index is 0.00198. The molecule has 0 spiro atoms. The minimum Gasteiger partial charge on any atom is -0.334 e. The van der Waals surface area contributed by atoms with Crippen LogP contribution in [0.1, 0.15) is 51.5 Å². The third-order valence-electron chi connectivity index (χ3n) is 7.60. The molecule has 4 rings (SSSR count). The Bertz CT molecular complexity index is 765. The summed E-state index contributed by atoms with van der Waals surface area (Å²) in [4.78, 5) is 32.7. The highest BCUT2D eigenvalue weighted by Crippen LogP contribution is 2.55. The highest BCUT2D eigenvalue weighted by Gasteiger charge is 2.63. The first-order valence-corrected chi connectivity index (χ1v) is 11.1. The third kappa shape index (κ3) is 3.48. The maximum atomic E-state index is 13.4. The summed E-state index contributed by atoms with van der Waals surface area (Å²) in [5, 5.41) is 0. The van der Waals surface area contributed by atoms with Crippen molar-refractivity contribution in [2.24, 2.45) is 5.41 Å². The molecule has 0 unspecified atom stereocenters. The van der Waals surface area contributed by atoms with Crippen molar-refractivity contribution >= 4 is 11.8 Å². The Balaban J connectivity index is 1.77. The molecule has 158 valence electrons. The number of fused-ring (bicyclic) bond motifs is 1. The highest BCUT2D eigenvalue weighted by atomic mass is 16.2. The Morgan fingerprint density at radius 3 is 2.28 bits per heavy atom. The summed E-state index contributed by atoms with van der Waals surface area (Å²) < 4.78 is 0. The first-order chi connectivity index (χ1) is 13.8. The summed E-state index contributed by atoms with van der Waals surface area (Å²) in [6.07, 6.45) is 6.23. The summed E-state index contributed by atoms with van der Waals surface area (Å²) in [7, 11) is 3.92. The van der Waals surface area contributed by atoms with Crippen LogP contribution in [-0.4, -0.2) is 71.3 Å². The standard InChI is InChI=1S/C24H35N3O2/c1-17(28)26-19(14-18-10-6-5-7-11-18)20-15-24(2)21(26)12-8-9-13-22(24)27(20)23(29)16-25(3)4/h5-7,10-11,19-22H,8-9,12-16H2,1-4H3/t19-,20-,21+,22-,24+/m0/s1. The van der Waals surface area contributed by atoms with Crippen LogP contribution in [0.4, 0.5) is 0 Å². The number of likely N-dealkylation sites (tertiary alicyclic amines) is 2. The van der Waals surface area contributed by atoms with Crippen LogP contribution < -0.4 is 0 Å². The van der Waals surface area contributed by atoms with E-state index in [1.165, 1.54) is 5.56 Å². The van der Waals surface area contributed by atoms with E-state index in [1.54, 1.807) is 6.92 Å². The number of nitrogens with zero attached hydrogens (tertiary/aromatic N) is 3. The van der Waals surface area contributed by atoms with Crippen molar-refractivity contribution in [1.29, 1.82) is 0 Å². The molecule has 2 bridgehead atoms. The first kappa shape index (κ1) is 20.4. The average molecular weight is 398 g/mol. The predicted octanol–water partition coefficient (Wildman–Crippen LogP) is 2.94. The first-order valence-electron chi connectivity index (χ1n) is 11.1. The SMILES string of the molecule is CC(=O)N1[C@@H](Cc2ccccc2)[C@@H]2C[C@@]3(C)[C@H](CCCC[C@@H]13)N2C(=O)CN(C)C. The molecule has 29 heavy (non-hydrogen) atoms. The Hall–Kier alpha value is -1.88. The molecule has 2 heterocycles. The molecule has 5 heteroatoms.